The number of thiazole rings is 1. The van der Waals surface area contributed by atoms with Crippen molar-refractivity contribution in [3.05, 3.63) is 39.6 Å². The molecule has 1 aliphatic rings. The van der Waals surface area contributed by atoms with Crippen LogP contribution in [0, 0.1) is 5.82 Å². The zero-order valence-corrected chi connectivity index (χ0v) is 17.6. The van der Waals surface area contributed by atoms with E-state index in [-0.39, 0.29) is 17.9 Å². The number of hydrogen-bond acceptors (Lipinski definition) is 6. The molecule has 152 valence electrons. The largest absolute Gasteiger partial charge is 0.483 e. The van der Waals surface area contributed by atoms with E-state index in [2.05, 4.69) is 10.3 Å². The van der Waals surface area contributed by atoms with Crippen molar-refractivity contribution >= 4 is 34.7 Å². The van der Waals surface area contributed by atoms with Crippen LogP contribution in [-0.4, -0.2) is 40.8 Å². The minimum absolute atomic E-state index is 0.147. The third kappa shape index (κ3) is 5.48. The number of carbonyl (C=O) groups is 1. The first-order valence-electron chi connectivity index (χ1n) is 8.98. The molecule has 6 nitrogen and oxygen atoms in total. The van der Waals surface area contributed by atoms with E-state index in [0.29, 0.717) is 36.2 Å². The highest BCUT2D eigenvalue weighted by Gasteiger charge is 2.31. The second-order valence-corrected chi connectivity index (χ2v) is 9.20. The van der Waals surface area contributed by atoms with Gasteiger partial charge in [-0.05, 0) is 32.9 Å². The highest BCUT2D eigenvalue weighted by atomic mass is 35.5. The summed E-state index contributed by atoms with van der Waals surface area (Å²) in [5, 5.41) is 3.16. The van der Waals surface area contributed by atoms with E-state index >= 15 is 0 Å². The van der Waals surface area contributed by atoms with Gasteiger partial charge in [0.15, 0.2) is 16.0 Å². The Morgan fingerprint density at radius 3 is 2.93 bits per heavy atom. The SMILES string of the molecule is CC(C)(C)OC(=O)N1CCC(Oc2c(F)cccc2NCc2cnc(Cl)s2)C1. The van der Waals surface area contributed by atoms with E-state index in [4.69, 9.17) is 21.1 Å². The number of hydrogen-bond donors (Lipinski definition) is 1. The van der Waals surface area contributed by atoms with E-state index in [1.807, 2.05) is 20.8 Å². The molecule has 0 aliphatic carbocycles. The van der Waals surface area contributed by atoms with Gasteiger partial charge in [-0.15, -0.1) is 11.3 Å². The van der Waals surface area contributed by atoms with Crippen LogP contribution in [0.4, 0.5) is 14.9 Å². The summed E-state index contributed by atoms with van der Waals surface area (Å²) in [7, 11) is 0. The molecule has 1 atom stereocenters. The number of amides is 1. The first-order valence-corrected chi connectivity index (χ1v) is 10.2. The lowest BCUT2D eigenvalue weighted by atomic mass is 10.2. The van der Waals surface area contributed by atoms with E-state index in [0.717, 1.165) is 4.88 Å². The monoisotopic (exact) mass is 427 g/mol. The molecule has 1 amide bonds. The van der Waals surface area contributed by atoms with Crippen molar-refractivity contribution in [1.82, 2.24) is 9.88 Å². The van der Waals surface area contributed by atoms with Crippen LogP contribution in [0.5, 0.6) is 5.75 Å². The third-order valence-corrected chi connectivity index (χ3v) is 5.14. The molecule has 1 aliphatic heterocycles. The molecule has 1 fully saturated rings. The molecule has 2 heterocycles. The quantitative estimate of drug-likeness (QED) is 0.732. The van der Waals surface area contributed by atoms with Crippen LogP contribution in [0.2, 0.25) is 4.47 Å². The number of benzene rings is 1. The number of anilines is 1. The van der Waals surface area contributed by atoms with Crippen LogP contribution in [0.25, 0.3) is 0 Å². The van der Waals surface area contributed by atoms with Crippen LogP contribution >= 0.6 is 22.9 Å². The molecule has 0 radical (unpaired) electrons. The van der Waals surface area contributed by atoms with Gasteiger partial charge >= 0.3 is 6.09 Å². The van der Waals surface area contributed by atoms with E-state index in [9.17, 15) is 9.18 Å². The normalized spacial score (nSPS) is 16.9. The van der Waals surface area contributed by atoms with Crippen LogP contribution in [-0.2, 0) is 11.3 Å². The smallest absolute Gasteiger partial charge is 0.410 e. The molecule has 2 aromatic rings. The number of halogens is 2. The Morgan fingerprint density at radius 1 is 1.46 bits per heavy atom. The summed E-state index contributed by atoms with van der Waals surface area (Å²) in [5.41, 5.74) is -0.0155. The van der Waals surface area contributed by atoms with Gasteiger partial charge in [0.25, 0.3) is 0 Å². The molecule has 0 saturated carbocycles. The average molecular weight is 428 g/mol. The minimum atomic E-state index is -0.557. The third-order valence-electron chi connectivity index (χ3n) is 4.03. The van der Waals surface area contributed by atoms with Crippen molar-refractivity contribution in [3.63, 3.8) is 0 Å². The van der Waals surface area contributed by atoms with Gasteiger partial charge in [-0.2, -0.15) is 0 Å². The molecule has 9 heteroatoms. The Hall–Kier alpha value is -2.06. The van der Waals surface area contributed by atoms with E-state index in [1.165, 1.54) is 17.4 Å². The van der Waals surface area contributed by atoms with E-state index < -0.39 is 11.4 Å². The Morgan fingerprint density at radius 2 is 2.25 bits per heavy atom. The predicted molar refractivity (Wildman–Crippen MR) is 108 cm³/mol. The van der Waals surface area contributed by atoms with Crippen molar-refractivity contribution < 1.29 is 18.7 Å². The number of aromatic nitrogens is 1. The van der Waals surface area contributed by atoms with Crippen LogP contribution in [0.1, 0.15) is 32.1 Å². The number of ether oxygens (including phenoxy) is 2. The Balaban J connectivity index is 1.63. The van der Waals surface area contributed by atoms with Gasteiger partial charge in [-0.3, -0.25) is 0 Å². The maximum atomic E-state index is 14.4. The lowest BCUT2D eigenvalue weighted by Gasteiger charge is -2.24. The van der Waals surface area contributed by atoms with Crippen molar-refractivity contribution in [3.8, 4) is 5.75 Å². The second kappa shape index (κ2) is 8.53. The van der Waals surface area contributed by atoms with Crippen molar-refractivity contribution in [2.75, 3.05) is 18.4 Å². The molecular formula is C19H23ClFN3O3S. The highest BCUT2D eigenvalue weighted by molar-refractivity contribution is 7.15. The molecule has 1 N–H and O–H groups in total. The molecule has 0 spiro atoms. The molecule has 1 unspecified atom stereocenters. The van der Waals surface area contributed by atoms with Gasteiger partial charge in [0, 0.05) is 24.0 Å². The summed E-state index contributed by atoms with van der Waals surface area (Å²) in [4.78, 5) is 18.7. The lowest BCUT2D eigenvalue weighted by molar-refractivity contribution is 0.0275. The predicted octanol–water partition coefficient (Wildman–Crippen LogP) is 4.94. The molecule has 3 rings (SSSR count). The summed E-state index contributed by atoms with van der Waals surface area (Å²) in [5.74, 6) is -0.308. The number of likely N-dealkylation sites (tertiary alicyclic amines) is 1. The first-order chi connectivity index (χ1) is 13.2. The summed E-state index contributed by atoms with van der Waals surface area (Å²) < 4.78 is 26.2. The number of nitrogens with one attached hydrogen (secondary N) is 1. The van der Waals surface area contributed by atoms with Crippen LogP contribution in [0.15, 0.2) is 24.4 Å². The van der Waals surface area contributed by atoms with Crippen molar-refractivity contribution in [2.24, 2.45) is 0 Å². The van der Waals surface area contributed by atoms with Gasteiger partial charge in [0.1, 0.15) is 11.7 Å². The van der Waals surface area contributed by atoms with Gasteiger partial charge < -0.3 is 19.7 Å². The van der Waals surface area contributed by atoms with Gasteiger partial charge in [0.05, 0.1) is 18.8 Å². The summed E-state index contributed by atoms with van der Waals surface area (Å²) in [6, 6.07) is 4.72. The summed E-state index contributed by atoms with van der Waals surface area (Å²) in [6.07, 6.45) is 1.60. The number of para-hydroxylation sites is 1. The van der Waals surface area contributed by atoms with Gasteiger partial charge in [-0.1, -0.05) is 17.7 Å². The lowest BCUT2D eigenvalue weighted by Crippen LogP contribution is -2.36. The fourth-order valence-electron chi connectivity index (χ4n) is 2.80. The fraction of sp³-hybridized carbons (Fsp3) is 0.474. The Labute approximate surface area is 172 Å². The molecule has 1 aromatic carbocycles. The van der Waals surface area contributed by atoms with Gasteiger partial charge in [0.2, 0.25) is 0 Å². The first kappa shape index (κ1) is 20.7. The molecule has 1 saturated heterocycles. The Kier molecular flexibility index (Phi) is 6.30. The van der Waals surface area contributed by atoms with Crippen molar-refractivity contribution in [1.29, 1.82) is 0 Å². The molecule has 28 heavy (non-hydrogen) atoms. The minimum Gasteiger partial charge on any atom is -0.483 e. The number of nitrogens with zero attached hydrogens (tertiary/aromatic N) is 2. The van der Waals surface area contributed by atoms with Gasteiger partial charge in [-0.25, -0.2) is 14.2 Å². The second-order valence-electron chi connectivity index (χ2n) is 7.50. The summed E-state index contributed by atoms with van der Waals surface area (Å²) >= 11 is 7.20. The van der Waals surface area contributed by atoms with E-state index in [1.54, 1.807) is 23.2 Å². The molecule has 0 bridgehead atoms. The number of carbonyl (C=O) groups excluding carboxylic acids is 1. The van der Waals surface area contributed by atoms with Crippen molar-refractivity contribution in [2.45, 2.75) is 45.4 Å². The standard InChI is InChI=1S/C19H23ClFN3O3S/c1-19(2,3)27-18(25)24-8-7-12(11-24)26-16-14(21)5-4-6-15(16)22-9-13-10-23-17(20)28-13/h4-6,10,12,22H,7-9,11H2,1-3H3. The summed E-state index contributed by atoms with van der Waals surface area (Å²) in [6.45, 7) is 6.79. The number of rotatable bonds is 5. The zero-order chi connectivity index (χ0) is 20.3. The topological polar surface area (TPSA) is 63.7 Å². The Bertz CT molecular complexity index is 840. The maximum absolute atomic E-state index is 14.4. The highest BCUT2D eigenvalue weighted by Crippen LogP contribution is 2.31. The van der Waals surface area contributed by atoms with Crippen LogP contribution in [0.3, 0.4) is 0 Å². The zero-order valence-electron chi connectivity index (χ0n) is 16.0. The molecular weight excluding hydrogens is 405 g/mol. The fourth-order valence-corrected chi connectivity index (χ4v) is 3.72. The average Bonchev–Trinajstić information content (AvgIpc) is 3.23. The molecule has 1 aromatic heterocycles. The maximum Gasteiger partial charge on any atom is 0.410 e. The van der Waals surface area contributed by atoms with Crippen LogP contribution < -0.4 is 10.1 Å².